The summed E-state index contributed by atoms with van der Waals surface area (Å²) in [7, 11) is -9.92. The van der Waals surface area contributed by atoms with Gasteiger partial charge in [0, 0.05) is 25.7 Å². The summed E-state index contributed by atoms with van der Waals surface area (Å²) in [6.45, 7) is 5.06. The third kappa shape index (κ3) is 79.9. The van der Waals surface area contributed by atoms with Crippen LogP contribution < -0.4 is 0 Å². The molecule has 0 saturated carbocycles. The Balaban J connectivity index is 5.23. The summed E-state index contributed by atoms with van der Waals surface area (Å²) < 4.78 is 68.9. The van der Waals surface area contributed by atoms with Crippen molar-refractivity contribution >= 4 is 39.5 Å². The van der Waals surface area contributed by atoms with Crippen molar-refractivity contribution in [3.63, 3.8) is 0 Å². The summed E-state index contributed by atoms with van der Waals surface area (Å²) in [5.74, 6) is -2.10. The van der Waals surface area contributed by atoms with Gasteiger partial charge >= 0.3 is 39.5 Å². The summed E-state index contributed by atoms with van der Waals surface area (Å²) in [6, 6.07) is 0. The summed E-state index contributed by atoms with van der Waals surface area (Å²) in [5.41, 5.74) is 0. The fourth-order valence-electron chi connectivity index (χ4n) is 13.5. The lowest BCUT2D eigenvalue weighted by Gasteiger charge is -2.21. The smallest absolute Gasteiger partial charge is 0.462 e. The Hall–Kier alpha value is -1.94. The van der Waals surface area contributed by atoms with Crippen molar-refractivity contribution in [2.45, 2.75) is 489 Å². The second-order valence-electron chi connectivity index (χ2n) is 30.9. The monoisotopic (exact) mass is 1540 g/mol. The molecule has 105 heavy (non-hydrogen) atoms. The summed E-state index contributed by atoms with van der Waals surface area (Å²) in [4.78, 5) is 73.2. The molecule has 3 N–H and O–H groups in total. The molecule has 0 aliphatic heterocycles. The van der Waals surface area contributed by atoms with E-state index < -0.39 is 97.5 Å². The molecule has 0 heterocycles. The predicted octanol–water partition coefficient (Wildman–Crippen LogP) is 26.5. The van der Waals surface area contributed by atoms with Crippen LogP contribution in [0.4, 0.5) is 0 Å². The van der Waals surface area contributed by atoms with E-state index in [1.54, 1.807) is 0 Å². The molecular formula is C86H168O17P2. The minimum atomic E-state index is -4.96. The molecule has 0 aromatic rings. The molecule has 0 amide bonds. The molecule has 0 aliphatic rings. The van der Waals surface area contributed by atoms with E-state index in [0.717, 1.165) is 89.9 Å². The third-order valence-electron chi connectivity index (χ3n) is 20.4. The molecule has 2 unspecified atom stereocenters. The van der Waals surface area contributed by atoms with Gasteiger partial charge in [0.15, 0.2) is 12.2 Å². The molecule has 0 aliphatic carbocycles. The number of ether oxygens (including phenoxy) is 4. The first-order valence-corrected chi connectivity index (χ1v) is 47.8. The lowest BCUT2D eigenvalue weighted by atomic mass is 10.0. The number of aliphatic hydroxyl groups excluding tert-OH is 1. The fourth-order valence-corrected chi connectivity index (χ4v) is 15.1. The highest BCUT2D eigenvalue weighted by Gasteiger charge is 2.30. The molecule has 5 atom stereocenters. The number of carbonyl (C=O) groups is 4. The number of phosphoric ester groups is 2. The Labute approximate surface area is 645 Å². The number of esters is 4. The van der Waals surface area contributed by atoms with Gasteiger partial charge in [0.1, 0.15) is 19.3 Å². The topological polar surface area (TPSA) is 237 Å². The second-order valence-corrected chi connectivity index (χ2v) is 33.8. The van der Waals surface area contributed by atoms with Crippen LogP contribution >= 0.6 is 15.6 Å². The van der Waals surface area contributed by atoms with E-state index in [1.807, 2.05) is 0 Å². The van der Waals surface area contributed by atoms with E-state index in [9.17, 15) is 43.2 Å². The van der Waals surface area contributed by atoms with Crippen molar-refractivity contribution < 1.29 is 80.2 Å². The predicted molar refractivity (Wildman–Crippen MR) is 432 cm³/mol. The normalized spacial score (nSPS) is 13.7. The number of hydrogen-bond acceptors (Lipinski definition) is 15. The van der Waals surface area contributed by atoms with Crippen LogP contribution in [0.3, 0.4) is 0 Å². The number of unbranched alkanes of at least 4 members (excludes halogenated alkanes) is 61. The first-order chi connectivity index (χ1) is 51.2. The second kappa shape index (κ2) is 80.1. The molecule has 0 fully saturated rings. The third-order valence-corrected chi connectivity index (χ3v) is 22.3. The Morgan fingerprint density at radius 1 is 0.229 bits per heavy atom. The van der Waals surface area contributed by atoms with Crippen LogP contribution in [0.1, 0.15) is 471 Å². The quantitative estimate of drug-likeness (QED) is 0.0222. The van der Waals surface area contributed by atoms with Gasteiger partial charge < -0.3 is 33.8 Å². The van der Waals surface area contributed by atoms with Gasteiger partial charge in [-0.3, -0.25) is 37.3 Å². The fraction of sp³-hybridized carbons (Fsp3) is 0.953. The molecule has 19 heteroatoms. The summed E-state index contributed by atoms with van der Waals surface area (Å²) in [5, 5.41) is 10.7. The van der Waals surface area contributed by atoms with Crippen LogP contribution in [0.15, 0.2) is 0 Å². The number of carbonyl (C=O) groups excluding carboxylic acids is 4. The van der Waals surface area contributed by atoms with Gasteiger partial charge in [-0.05, 0) is 25.7 Å². The average molecular weight is 1540 g/mol. The highest BCUT2D eigenvalue weighted by atomic mass is 31.2. The van der Waals surface area contributed by atoms with Crippen LogP contribution in [0.5, 0.6) is 0 Å². The van der Waals surface area contributed by atoms with Gasteiger partial charge in [0.05, 0.1) is 26.4 Å². The highest BCUT2D eigenvalue weighted by molar-refractivity contribution is 7.47. The first-order valence-electron chi connectivity index (χ1n) is 44.8. The van der Waals surface area contributed by atoms with Crippen molar-refractivity contribution in [3.8, 4) is 0 Å². The number of aliphatic hydroxyl groups is 1. The van der Waals surface area contributed by atoms with E-state index in [4.69, 9.17) is 37.0 Å². The molecule has 0 aromatic heterocycles. The largest absolute Gasteiger partial charge is 0.472 e. The van der Waals surface area contributed by atoms with Gasteiger partial charge in [-0.15, -0.1) is 0 Å². The molecule has 0 radical (unpaired) electrons. The SMILES string of the molecule is CCCCCCCCCCCCCCCCCCCCCCCCC(=O)O[C@H](COC(=O)CCCCCCCCCCCCCCCCCCC)COP(=O)(O)OC[C@@H](O)COP(=O)(O)OC[C@@H](COC(=O)CCCCCCCCCCCCCCC)OC(=O)CCCCCCCCCCCCCCC. The average Bonchev–Trinajstić information content (AvgIpc) is 0.941. The maximum atomic E-state index is 13.1. The zero-order valence-corrected chi connectivity index (χ0v) is 70.5. The van der Waals surface area contributed by atoms with Crippen molar-refractivity contribution in [3.05, 3.63) is 0 Å². The molecule has 0 aromatic carbocycles. The minimum Gasteiger partial charge on any atom is -0.462 e. The Kier molecular flexibility index (Phi) is 78.6. The van der Waals surface area contributed by atoms with Gasteiger partial charge in [0.2, 0.25) is 0 Å². The maximum absolute atomic E-state index is 13.1. The van der Waals surface area contributed by atoms with Gasteiger partial charge in [-0.2, -0.15) is 0 Å². The molecule has 17 nitrogen and oxygen atoms in total. The van der Waals surface area contributed by atoms with Crippen molar-refractivity contribution in [2.75, 3.05) is 39.6 Å². The number of rotatable bonds is 87. The van der Waals surface area contributed by atoms with Crippen LogP contribution in [-0.2, 0) is 65.4 Å². The van der Waals surface area contributed by atoms with Crippen LogP contribution in [-0.4, -0.2) is 96.7 Å². The molecule has 624 valence electrons. The minimum absolute atomic E-state index is 0.109. The standard InChI is InChI=1S/C86H168O17P2/c1-5-9-13-17-21-25-29-33-35-37-38-39-40-41-43-45-49-53-57-61-65-69-73-86(91)103-82(77-97-84(89)71-67-63-59-55-51-48-44-42-36-34-30-26-22-18-14-10-6-2)79-101-105(94,95)99-75-80(87)74-98-104(92,93)100-78-81(102-85(90)72-68-64-60-56-52-47-32-28-24-20-16-12-8-4)76-96-83(88)70-66-62-58-54-50-46-31-27-23-19-15-11-7-3/h80-82,87H,5-79H2,1-4H3,(H,92,93)(H,94,95)/t80-,81+,82+/m0/s1. The highest BCUT2D eigenvalue weighted by Crippen LogP contribution is 2.45. The van der Waals surface area contributed by atoms with E-state index in [1.165, 1.54) is 302 Å². The molecule has 0 rings (SSSR count). The van der Waals surface area contributed by atoms with Crippen LogP contribution in [0.2, 0.25) is 0 Å². The first kappa shape index (κ1) is 103. The molecule has 0 spiro atoms. The molecule has 0 saturated heterocycles. The zero-order chi connectivity index (χ0) is 76.7. The Morgan fingerprint density at radius 3 is 0.562 bits per heavy atom. The van der Waals surface area contributed by atoms with Gasteiger partial charge in [-0.1, -0.05) is 419 Å². The Morgan fingerprint density at radius 2 is 0.381 bits per heavy atom. The summed E-state index contributed by atoms with van der Waals surface area (Å²) >= 11 is 0. The lowest BCUT2D eigenvalue weighted by Crippen LogP contribution is -2.30. The maximum Gasteiger partial charge on any atom is 0.472 e. The van der Waals surface area contributed by atoms with Crippen LogP contribution in [0.25, 0.3) is 0 Å². The summed E-state index contributed by atoms with van der Waals surface area (Å²) in [6.07, 6.45) is 74.9. The van der Waals surface area contributed by atoms with Gasteiger partial charge in [-0.25, -0.2) is 9.13 Å². The molecular weight excluding hydrogens is 1370 g/mol. The van der Waals surface area contributed by atoms with E-state index in [0.29, 0.717) is 25.7 Å². The van der Waals surface area contributed by atoms with E-state index >= 15 is 0 Å². The Bertz CT molecular complexity index is 1980. The van der Waals surface area contributed by atoms with Crippen molar-refractivity contribution in [2.24, 2.45) is 0 Å². The number of phosphoric acid groups is 2. The van der Waals surface area contributed by atoms with Crippen molar-refractivity contribution in [1.29, 1.82) is 0 Å². The molecule has 0 bridgehead atoms. The van der Waals surface area contributed by atoms with Crippen LogP contribution in [0, 0.1) is 0 Å². The van der Waals surface area contributed by atoms with E-state index in [-0.39, 0.29) is 25.7 Å². The lowest BCUT2D eigenvalue weighted by molar-refractivity contribution is -0.161. The zero-order valence-electron chi connectivity index (χ0n) is 68.7. The van der Waals surface area contributed by atoms with Crippen molar-refractivity contribution in [1.82, 2.24) is 0 Å². The van der Waals surface area contributed by atoms with Gasteiger partial charge in [0.25, 0.3) is 0 Å². The van der Waals surface area contributed by atoms with E-state index in [2.05, 4.69) is 27.7 Å². The number of hydrogen-bond donors (Lipinski definition) is 3.